The fourth-order valence-electron chi connectivity index (χ4n) is 3.91. The highest BCUT2D eigenvalue weighted by molar-refractivity contribution is 5.91. The zero-order valence-corrected chi connectivity index (χ0v) is 13.5. The van der Waals surface area contributed by atoms with Crippen LogP contribution in [0.4, 0.5) is 4.39 Å². The zero-order valence-electron chi connectivity index (χ0n) is 13.5. The minimum absolute atomic E-state index is 0.137. The summed E-state index contributed by atoms with van der Waals surface area (Å²) < 4.78 is 14.1. The minimum Gasteiger partial charge on any atom is -0.340 e. The van der Waals surface area contributed by atoms with Crippen molar-refractivity contribution in [3.8, 4) is 0 Å². The Kier molecular flexibility index (Phi) is 3.65. The Hall–Kier alpha value is -2.20. The van der Waals surface area contributed by atoms with Crippen molar-refractivity contribution in [1.82, 2.24) is 4.90 Å². The lowest BCUT2D eigenvalue weighted by atomic mass is 9.94. The van der Waals surface area contributed by atoms with Crippen molar-refractivity contribution in [2.75, 3.05) is 13.1 Å². The average molecular weight is 324 g/mol. The fourth-order valence-corrected chi connectivity index (χ4v) is 3.91. The summed E-state index contributed by atoms with van der Waals surface area (Å²) in [7, 11) is 0. The molecule has 4 heteroatoms. The Bertz CT molecular complexity index is 757. The van der Waals surface area contributed by atoms with Crippen LogP contribution in [0.25, 0.3) is 0 Å². The van der Waals surface area contributed by atoms with Gasteiger partial charge in [0.05, 0.1) is 5.41 Å². The van der Waals surface area contributed by atoms with Crippen LogP contribution in [0.15, 0.2) is 54.6 Å². The predicted molar refractivity (Wildman–Crippen MR) is 91.1 cm³/mol. The molecule has 3 nitrogen and oxygen atoms in total. The van der Waals surface area contributed by atoms with Crippen LogP contribution in [0.5, 0.6) is 0 Å². The van der Waals surface area contributed by atoms with Gasteiger partial charge in [0.2, 0.25) is 5.91 Å². The molecule has 124 valence electrons. The lowest BCUT2D eigenvalue weighted by molar-refractivity contribution is -0.133. The second-order valence-electron chi connectivity index (χ2n) is 6.95. The molecule has 1 saturated carbocycles. The molecule has 2 fully saturated rings. The van der Waals surface area contributed by atoms with Gasteiger partial charge in [0.1, 0.15) is 5.82 Å². The number of hydrogen-bond donors (Lipinski definition) is 1. The van der Waals surface area contributed by atoms with Crippen molar-refractivity contribution in [2.24, 2.45) is 5.73 Å². The summed E-state index contributed by atoms with van der Waals surface area (Å²) in [5.41, 5.74) is 7.56. The van der Waals surface area contributed by atoms with E-state index >= 15 is 0 Å². The van der Waals surface area contributed by atoms with Crippen molar-refractivity contribution in [1.29, 1.82) is 0 Å². The number of likely N-dealkylation sites (tertiary alicyclic amines) is 1. The lowest BCUT2D eigenvalue weighted by Crippen LogP contribution is -2.39. The van der Waals surface area contributed by atoms with Crippen LogP contribution in [0, 0.1) is 5.82 Å². The van der Waals surface area contributed by atoms with Gasteiger partial charge in [0.15, 0.2) is 0 Å². The number of benzene rings is 2. The molecule has 24 heavy (non-hydrogen) atoms. The molecule has 2 aromatic rings. The summed E-state index contributed by atoms with van der Waals surface area (Å²) >= 11 is 0. The van der Waals surface area contributed by atoms with E-state index in [2.05, 4.69) is 0 Å². The van der Waals surface area contributed by atoms with Gasteiger partial charge in [-0.1, -0.05) is 48.5 Å². The first-order valence-electron chi connectivity index (χ1n) is 8.47. The molecule has 2 atom stereocenters. The molecule has 0 bridgehead atoms. The predicted octanol–water partition coefficient (Wildman–Crippen LogP) is 2.81. The van der Waals surface area contributed by atoms with Crippen molar-refractivity contribution >= 4 is 5.91 Å². The average Bonchev–Trinajstić information content (AvgIpc) is 3.33. The number of nitrogens with two attached hydrogens (primary N) is 1. The van der Waals surface area contributed by atoms with Crippen LogP contribution in [-0.4, -0.2) is 29.9 Å². The maximum atomic E-state index is 14.1. The summed E-state index contributed by atoms with van der Waals surface area (Å²) in [5, 5.41) is 0. The maximum absolute atomic E-state index is 14.1. The van der Waals surface area contributed by atoms with Gasteiger partial charge in [0, 0.05) is 25.0 Å². The Morgan fingerprint density at radius 2 is 1.71 bits per heavy atom. The molecule has 1 aliphatic carbocycles. The second-order valence-corrected chi connectivity index (χ2v) is 6.95. The molecule has 0 spiro atoms. The first kappa shape index (κ1) is 15.3. The van der Waals surface area contributed by atoms with E-state index < -0.39 is 0 Å². The molecular formula is C20H21FN2O. The standard InChI is InChI=1S/C20H21FN2O/c21-17-9-5-4-8-15(17)16-12-23(13-18(16)22)19(24)20(10-11-20)14-6-2-1-3-7-14/h1-9,16,18H,10-13,22H2/t16-,18+/m0/s1. The summed E-state index contributed by atoms with van der Waals surface area (Å²) in [6.45, 7) is 0.988. The molecule has 2 aliphatic rings. The van der Waals surface area contributed by atoms with E-state index in [1.165, 1.54) is 6.07 Å². The van der Waals surface area contributed by atoms with E-state index in [4.69, 9.17) is 5.73 Å². The van der Waals surface area contributed by atoms with Crippen molar-refractivity contribution < 1.29 is 9.18 Å². The number of rotatable bonds is 3. The van der Waals surface area contributed by atoms with E-state index in [0.29, 0.717) is 18.7 Å². The van der Waals surface area contributed by atoms with Crippen LogP contribution in [0.3, 0.4) is 0 Å². The van der Waals surface area contributed by atoms with E-state index in [1.54, 1.807) is 12.1 Å². The number of amides is 1. The van der Waals surface area contributed by atoms with Gasteiger partial charge >= 0.3 is 0 Å². The molecule has 0 radical (unpaired) electrons. The first-order chi connectivity index (χ1) is 11.6. The molecule has 4 rings (SSSR count). The third kappa shape index (κ3) is 2.42. The van der Waals surface area contributed by atoms with Crippen molar-refractivity contribution in [3.05, 3.63) is 71.5 Å². The molecule has 0 aromatic heterocycles. The smallest absolute Gasteiger partial charge is 0.233 e. The topological polar surface area (TPSA) is 46.3 Å². The van der Waals surface area contributed by atoms with Crippen molar-refractivity contribution in [3.63, 3.8) is 0 Å². The Morgan fingerprint density at radius 1 is 1.04 bits per heavy atom. The van der Waals surface area contributed by atoms with E-state index in [1.807, 2.05) is 41.3 Å². The third-order valence-corrected chi connectivity index (χ3v) is 5.44. The molecule has 1 aliphatic heterocycles. The Morgan fingerprint density at radius 3 is 2.38 bits per heavy atom. The van der Waals surface area contributed by atoms with E-state index in [0.717, 1.165) is 18.4 Å². The monoisotopic (exact) mass is 324 g/mol. The molecule has 2 aromatic carbocycles. The number of nitrogens with zero attached hydrogens (tertiary/aromatic N) is 1. The quantitative estimate of drug-likeness (QED) is 0.944. The van der Waals surface area contributed by atoms with E-state index in [9.17, 15) is 9.18 Å². The van der Waals surface area contributed by atoms with Crippen LogP contribution < -0.4 is 5.73 Å². The zero-order chi connectivity index (χ0) is 16.7. The first-order valence-corrected chi connectivity index (χ1v) is 8.47. The van der Waals surface area contributed by atoms with Gasteiger partial charge in [0.25, 0.3) is 0 Å². The molecule has 1 saturated heterocycles. The van der Waals surface area contributed by atoms with Gasteiger partial charge < -0.3 is 10.6 Å². The van der Waals surface area contributed by atoms with E-state index in [-0.39, 0.29) is 29.1 Å². The normalized spacial score (nSPS) is 24.8. The Labute approximate surface area is 141 Å². The number of carbonyl (C=O) groups is 1. The SMILES string of the molecule is N[C@@H]1CN(C(=O)C2(c3ccccc3)CC2)C[C@H]1c1ccccc1F. The highest BCUT2D eigenvalue weighted by Crippen LogP contribution is 2.50. The van der Waals surface area contributed by atoms with Gasteiger partial charge in [-0.2, -0.15) is 0 Å². The van der Waals surface area contributed by atoms with Crippen LogP contribution in [-0.2, 0) is 10.2 Å². The highest BCUT2D eigenvalue weighted by Gasteiger charge is 2.54. The molecule has 1 heterocycles. The largest absolute Gasteiger partial charge is 0.340 e. The summed E-state index contributed by atoms with van der Waals surface area (Å²) in [6.07, 6.45) is 1.76. The van der Waals surface area contributed by atoms with Crippen LogP contribution in [0.2, 0.25) is 0 Å². The number of hydrogen-bond acceptors (Lipinski definition) is 2. The fraction of sp³-hybridized carbons (Fsp3) is 0.350. The molecule has 1 amide bonds. The maximum Gasteiger partial charge on any atom is 0.233 e. The summed E-state index contributed by atoms with van der Waals surface area (Å²) in [5.74, 6) is -0.235. The van der Waals surface area contributed by atoms with Crippen molar-refractivity contribution in [2.45, 2.75) is 30.2 Å². The molecule has 2 N–H and O–H groups in total. The number of halogens is 1. The van der Waals surface area contributed by atoms with Gasteiger partial charge in [-0.3, -0.25) is 4.79 Å². The number of carbonyl (C=O) groups excluding carboxylic acids is 1. The minimum atomic E-state index is -0.384. The molecule has 0 unspecified atom stereocenters. The van der Waals surface area contributed by atoms with Gasteiger partial charge in [-0.15, -0.1) is 0 Å². The summed E-state index contributed by atoms with van der Waals surface area (Å²) in [6, 6.07) is 16.5. The molecular weight excluding hydrogens is 303 g/mol. The van der Waals surface area contributed by atoms with Gasteiger partial charge in [-0.25, -0.2) is 4.39 Å². The lowest BCUT2D eigenvalue weighted by Gasteiger charge is -2.23. The summed E-state index contributed by atoms with van der Waals surface area (Å²) in [4.78, 5) is 14.9. The van der Waals surface area contributed by atoms with Crippen LogP contribution >= 0.6 is 0 Å². The second kappa shape index (κ2) is 5.71. The Balaban J connectivity index is 1.56. The highest BCUT2D eigenvalue weighted by atomic mass is 19.1. The van der Waals surface area contributed by atoms with Gasteiger partial charge in [-0.05, 0) is 30.0 Å². The third-order valence-electron chi connectivity index (χ3n) is 5.44. The van der Waals surface area contributed by atoms with Crippen LogP contribution in [0.1, 0.15) is 29.9 Å².